The first kappa shape index (κ1) is 17.8. The molecule has 2 rings (SSSR count). The minimum Gasteiger partial charge on any atom is -0.483 e. The lowest BCUT2D eigenvalue weighted by atomic mass is 9.86. The number of carbonyl (C=O) groups excluding carboxylic acids is 1. The molecule has 1 saturated carbocycles. The highest BCUT2D eigenvalue weighted by molar-refractivity contribution is 5.77. The number of ether oxygens (including phenoxy) is 1. The average molecular weight is 320 g/mol. The van der Waals surface area contributed by atoms with Crippen molar-refractivity contribution in [2.45, 2.75) is 38.3 Å². The zero-order valence-electron chi connectivity index (χ0n) is 14.1. The summed E-state index contributed by atoms with van der Waals surface area (Å²) in [6.45, 7) is 1.65. The van der Waals surface area contributed by atoms with E-state index in [0.29, 0.717) is 5.92 Å². The fraction of sp³-hybridized carbons (Fsp3) is 0.611. The number of nitrogens with zero attached hydrogens (tertiary/aromatic N) is 1. The van der Waals surface area contributed by atoms with Crippen molar-refractivity contribution in [1.82, 2.24) is 10.2 Å². The van der Waals surface area contributed by atoms with E-state index in [4.69, 9.17) is 4.74 Å². The Hall–Kier alpha value is -1.59. The van der Waals surface area contributed by atoms with Crippen molar-refractivity contribution < 1.29 is 14.6 Å². The number of aliphatic hydroxyl groups excluding tert-OH is 1. The highest BCUT2D eigenvalue weighted by Crippen LogP contribution is 2.26. The minimum atomic E-state index is -0.175. The maximum Gasteiger partial charge on any atom is 0.257 e. The van der Waals surface area contributed by atoms with Crippen molar-refractivity contribution in [1.29, 1.82) is 0 Å². The zero-order chi connectivity index (χ0) is 16.7. The van der Waals surface area contributed by atoms with Crippen LogP contribution in [0.25, 0.3) is 0 Å². The van der Waals surface area contributed by atoms with Crippen LogP contribution in [0.5, 0.6) is 5.75 Å². The third-order valence-electron chi connectivity index (χ3n) is 4.47. The number of aliphatic hydroxyl groups is 1. The van der Waals surface area contributed by atoms with Gasteiger partial charge in [0.15, 0.2) is 6.61 Å². The van der Waals surface area contributed by atoms with Crippen molar-refractivity contribution >= 4 is 5.91 Å². The van der Waals surface area contributed by atoms with E-state index < -0.39 is 0 Å². The van der Waals surface area contributed by atoms with Crippen LogP contribution in [0.15, 0.2) is 24.3 Å². The molecular weight excluding hydrogens is 292 g/mol. The Kier molecular flexibility index (Phi) is 6.86. The number of nitrogens with one attached hydrogen (secondary N) is 1. The van der Waals surface area contributed by atoms with E-state index in [-0.39, 0.29) is 18.6 Å². The van der Waals surface area contributed by atoms with Gasteiger partial charge in [-0.25, -0.2) is 0 Å². The van der Waals surface area contributed by atoms with Gasteiger partial charge in [-0.3, -0.25) is 4.79 Å². The van der Waals surface area contributed by atoms with E-state index in [9.17, 15) is 9.90 Å². The van der Waals surface area contributed by atoms with E-state index in [1.807, 2.05) is 24.3 Å². The number of hydrogen-bond acceptors (Lipinski definition) is 4. The van der Waals surface area contributed by atoms with Crippen molar-refractivity contribution in [3.63, 3.8) is 0 Å². The summed E-state index contributed by atoms with van der Waals surface area (Å²) in [5.41, 5.74) is 1.06. The van der Waals surface area contributed by atoms with Crippen molar-refractivity contribution in [3.8, 4) is 5.75 Å². The van der Waals surface area contributed by atoms with Crippen LogP contribution in [0.4, 0.5) is 0 Å². The van der Waals surface area contributed by atoms with Crippen LogP contribution in [0, 0.1) is 5.92 Å². The highest BCUT2D eigenvalue weighted by atomic mass is 16.5. The quantitative estimate of drug-likeness (QED) is 0.804. The molecule has 5 nitrogen and oxygen atoms in total. The Morgan fingerprint density at radius 2 is 2.09 bits per heavy atom. The molecule has 1 fully saturated rings. The average Bonchev–Trinajstić information content (AvgIpc) is 2.56. The molecule has 2 atom stereocenters. The number of carbonyl (C=O) groups is 1. The maximum atomic E-state index is 11.3. The Morgan fingerprint density at radius 3 is 2.83 bits per heavy atom. The third-order valence-corrected chi connectivity index (χ3v) is 4.47. The van der Waals surface area contributed by atoms with E-state index in [2.05, 4.69) is 17.3 Å². The molecule has 128 valence electrons. The predicted molar refractivity (Wildman–Crippen MR) is 90.3 cm³/mol. The van der Waals surface area contributed by atoms with Gasteiger partial charge in [-0.15, -0.1) is 0 Å². The van der Waals surface area contributed by atoms with E-state index in [0.717, 1.165) is 43.7 Å². The standard InChI is InChI=1S/C18H28N2O3/c1-19-18(22)13-23-17-10-6-4-8-15(17)12-20(2)11-14-7-3-5-9-16(14)21/h4,6,8,10,14,16,21H,3,5,7,9,11-13H2,1-2H3,(H,19,22). The fourth-order valence-corrected chi connectivity index (χ4v) is 3.15. The van der Waals surface area contributed by atoms with Crippen molar-refractivity contribution in [2.24, 2.45) is 5.92 Å². The summed E-state index contributed by atoms with van der Waals surface area (Å²) < 4.78 is 5.61. The molecule has 1 aliphatic carbocycles. The lowest BCUT2D eigenvalue weighted by Crippen LogP contribution is -2.34. The Morgan fingerprint density at radius 1 is 1.35 bits per heavy atom. The summed E-state index contributed by atoms with van der Waals surface area (Å²) in [5, 5.41) is 12.7. The molecule has 2 unspecified atom stereocenters. The topological polar surface area (TPSA) is 61.8 Å². The van der Waals surface area contributed by atoms with Crippen LogP contribution >= 0.6 is 0 Å². The zero-order valence-corrected chi connectivity index (χ0v) is 14.1. The summed E-state index contributed by atoms with van der Waals surface area (Å²) in [5.74, 6) is 0.957. The van der Waals surface area contributed by atoms with Crippen molar-refractivity contribution in [3.05, 3.63) is 29.8 Å². The first-order chi connectivity index (χ1) is 11.1. The van der Waals surface area contributed by atoms with Gasteiger partial charge in [0.1, 0.15) is 5.75 Å². The third kappa shape index (κ3) is 5.52. The summed E-state index contributed by atoms with van der Waals surface area (Å²) in [4.78, 5) is 13.6. The van der Waals surface area contributed by atoms with Gasteiger partial charge in [0.25, 0.3) is 5.91 Å². The molecule has 1 aromatic carbocycles. The predicted octanol–water partition coefficient (Wildman–Crippen LogP) is 1.79. The van der Waals surface area contributed by atoms with Gasteiger partial charge in [0, 0.05) is 25.7 Å². The van der Waals surface area contributed by atoms with Gasteiger partial charge < -0.3 is 20.1 Å². The van der Waals surface area contributed by atoms with E-state index in [1.54, 1.807) is 7.05 Å². The second-order valence-electron chi connectivity index (χ2n) is 6.38. The second kappa shape index (κ2) is 8.89. The molecule has 1 aliphatic rings. The van der Waals surface area contributed by atoms with Crippen LogP contribution in [-0.4, -0.2) is 49.3 Å². The van der Waals surface area contributed by atoms with E-state index >= 15 is 0 Å². The monoisotopic (exact) mass is 320 g/mol. The number of hydrogen-bond donors (Lipinski definition) is 2. The molecule has 2 N–H and O–H groups in total. The summed E-state index contributed by atoms with van der Waals surface area (Å²) >= 11 is 0. The molecule has 1 aromatic rings. The number of para-hydroxylation sites is 1. The maximum absolute atomic E-state index is 11.3. The fourth-order valence-electron chi connectivity index (χ4n) is 3.15. The number of likely N-dealkylation sites (N-methyl/N-ethyl adjacent to an activating group) is 1. The summed E-state index contributed by atoms with van der Waals surface area (Å²) in [6, 6.07) is 7.80. The van der Waals surface area contributed by atoms with Gasteiger partial charge >= 0.3 is 0 Å². The normalized spacial score (nSPS) is 21.2. The number of benzene rings is 1. The molecule has 0 spiro atoms. The lowest BCUT2D eigenvalue weighted by molar-refractivity contribution is -0.122. The van der Waals surface area contributed by atoms with Crippen LogP contribution in [0.1, 0.15) is 31.2 Å². The molecule has 0 aliphatic heterocycles. The molecule has 23 heavy (non-hydrogen) atoms. The van der Waals surface area contributed by atoms with Gasteiger partial charge in [-0.2, -0.15) is 0 Å². The van der Waals surface area contributed by atoms with Gasteiger partial charge in [-0.05, 0) is 31.9 Å². The van der Waals surface area contributed by atoms with Crippen LogP contribution in [0.2, 0.25) is 0 Å². The molecular formula is C18H28N2O3. The molecule has 0 saturated heterocycles. The molecule has 0 bridgehead atoms. The first-order valence-electron chi connectivity index (χ1n) is 8.38. The molecule has 5 heteroatoms. The number of amides is 1. The largest absolute Gasteiger partial charge is 0.483 e. The summed E-state index contributed by atoms with van der Waals surface area (Å²) in [7, 11) is 3.66. The van der Waals surface area contributed by atoms with Crippen LogP contribution in [-0.2, 0) is 11.3 Å². The van der Waals surface area contributed by atoms with Gasteiger partial charge in [0.05, 0.1) is 6.10 Å². The molecule has 0 aromatic heterocycles. The lowest BCUT2D eigenvalue weighted by Gasteiger charge is -2.31. The highest BCUT2D eigenvalue weighted by Gasteiger charge is 2.24. The Balaban J connectivity index is 1.92. The smallest absolute Gasteiger partial charge is 0.257 e. The number of rotatable bonds is 7. The van der Waals surface area contributed by atoms with Crippen LogP contribution < -0.4 is 10.1 Å². The second-order valence-corrected chi connectivity index (χ2v) is 6.38. The van der Waals surface area contributed by atoms with Crippen molar-refractivity contribution in [2.75, 3.05) is 27.2 Å². The summed E-state index contributed by atoms with van der Waals surface area (Å²) in [6.07, 6.45) is 4.19. The first-order valence-corrected chi connectivity index (χ1v) is 8.38. The van der Waals surface area contributed by atoms with E-state index in [1.165, 1.54) is 6.42 Å². The Labute approximate surface area is 138 Å². The van der Waals surface area contributed by atoms with Crippen LogP contribution in [0.3, 0.4) is 0 Å². The minimum absolute atomic E-state index is 0.0264. The molecule has 0 radical (unpaired) electrons. The SMILES string of the molecule is CNC(=O)COc1ccccc1CN(C)CC1CCCCC1O. The molecule has 0 heterocycles. The van der Waals surface area contributed by atoms with Gasteiger partial charge in [0.2, 0.25) is 0 Å². The van der Waals surface area contributed by atoms with Gasteiger partial charge in [-0.1, -0.05) is 31.0 Å². The Bertz CT molecular complexity index is 507. The molecule has 1 amide bonds.